The molecule has 1 aromatic carbocycles. The van der Waals surface area contributed by atoms with Gasteiger partial charge in [-0.25, -0.2) is 13.2 Å². The van der Waals surface area contributed by atoms with Gasteiger partial charge >= 0.3 is 11.9 Å². The van der Waals surface area contributed by atoms with Gasteiger partial charge in [-0.2, -0.15) is 4.31 Å². The molecule has 0 unspecified atom stereocenters. The molecule has 0 bridgehead atoms. The number of sulfonamides is 1. The summed E-state index contributed by atoms with van der Waals surface area (Å²) in [4.78, 5) is 34.3. The Hall–Kier alpha value is -1.88. The Balaban J connectivity index is 2.21. The van der Waals surface area contributed by atoms with Crippen molar-refractivity contribution in [3.05, 3.63) is 28.2 Å². The first kappa shape index (κ1) is 22.4. The van der Waals surface area contributed by atoms with Crippen molar-refractivity contribution in [1.29, 1.82) is 0 Å². The van der Waals surface area contributed by atoms with Crippen LogP contribution < -0.4 is 5.32 Å². The molecule has 1 aromatic rings. The van der Waals surface area contributed by atoms with Gasteiger partial charge in [0.2, 0.25) is 15.9 Å². The van der Waals surface area contributed by atoms with E-state index in [-0.39, 0.29) is 34.3 Å². The van der Waals surface area contributed by atoms with Gasteiger partial charge in [-0.05, 0) is 37.5 Å². The van der Waals surface area contributed by atoms with E-state index in [0.717, 1.165) is 4.31 Å². The summed E-state index contributed by atoms with van der Waals surface area (Å²) in [6.07, 6.45) is -0.173. The second kappa shape index (κ2) is 9.08. The van der Waals surface area contributed by atoms with E-state index in [1.165, 1.54) is 18.2 Å². The Morgan fingerprint density at radius 2 is 1.79 bits per heavy atom. The molecule has 1 amide bonds. The molecule has 28 heavy (non-hydrogen) atoms. The molecule has 154 valence electrons. The van der Waals surface area contributed by atoms with Gasteiger partial charge in [-0.3, -0.25) is 9.59 Å². The van der Waals surface area contributed by atoms with Crippen molar-refractivity contribution in [1.82, 2.24) is 9.62 Å². The summed E-state index contributed by atoms with van der Waals surface area (Å²) in [6.45, 7) is 0.0669. The average Bonchev–Trinajstić information content (AvgIpc) is 3.07. The number of carbonyl (C=O) groups is 3. The number of nitrogens with one attached hydrogen (secondary N) is 1. The average molecular weight is 453 g/mol. The molecule has 0 aromatic heterocycles. The van der Waals surface area contributed by atoms with Crippen LogP contribution in [0.4, 0.5) is 0 Å². The quantitative estimate of drug-likeness (QED) is 0.543. The van der Waals surface area contributed by atoms with Crippen molar-refractivity contribution in [3.63, 3.8) is 0 Å². The van der Waals surface area contributed by atoms with Crippen LogP contribution in [-0.4, -0.2) is 59.4 Å². The van der Waals surface area contributed by atoms with Crippen molar-refractivity contribution in [2.75, 3.05) is 6.54 Å². The Kier molecular flexibility index (Phi) is 7.27. The van der Waals surface area contributed by atoms with Crippen LogP contribution >= 0.6 is 23.2 Å². The third-order valence-electron chi connectivity index (χ3n) is 4.21. The van der Waals surface area contributed by atoms with Gasteiger partial charge in [-0.1, -0.05) is 23.2 Å². The number of carboxylic acids is 2. The summed E-state index contributed by atoms with van der Waals surface area (Å²) in [6, 6.07) is 1.24. The Bertz CT molecular complexity index is 871. The van der Waals surface area contributed by atoms with Crippen molar-refractivity contribution in [2.24, 2.45) is 0 Å². The molecular weight excluding hydrogens is 435 g/mol. The lowest BCUT2D eigenvalue weighted by molar-refractivity contribution is -0.143. The summed E-state index contributed by atoms with van der Waals surface area (Å²) in [5, 5.41) is 20.3. The van der Waals surface area contributed by atoms with Gasteiger partial charge in [0, 0.05) is 23.0 Å². The molecule has 0 radical (unpaired) electrons. The molecule has 12 heteroatoms. The van der Waals surface area contributed by atoms with E-state index in [2.05, 4.69) is 5.32 Å². The molecule has 1 heterocycles. The van der Waals surface area contributed by atoms with E-state index in [4.69, 9.17) is 28.3 Å². The maximum absolute atomic E-state index is 12.9. The predicted octanol–water partition coefficient (Wildman–Crippen LogP) is 1.58. The van der Waals surface area contributed by atoms with Crippen LogP contribution in [0.15, 0.2) is 23.1 Å². The van der Waals surface area contributed by atoms with E-state index in [1.807, 2.05) is 0 Å². The van der Waals surface area contributed by atoms with Crippen LogP contribution in [0.1, 0.15) is 25.7 Å². The van der Waals surface area contributed by atoms with Crippen LogP contribution in [0.3, 0.4) is 0 Å². The Morgan fingerprint density at radius 3 is 2.32 bits per heavy atom. The molecule has 3 N–H and O–H groups in total. The summed E-state index contributed by atoms with van der Waals surface area (Å²) in [5.41, 5.74) is 0. The zero-order chi connectivity index (χ0) is 21.1. The molecule has 2 atom stereocenters. The molecule has 1 aliphatic heterocycles. The maximum atomic E-state index is 12.9. The second-order valence-corrected chi connectivity index (χ2v) is 8.97. The van der Waals surface area contributed by atoms with E-state index < -0.39 is 46.4 Å². The van der Waals surface area contributed by atoms with E-state index >= 15 is 0 Å². The highest BCUT2D eigenvalue weighted by Crippen LogP contribution is 2.29. The van der Waals surface area contributed by atoms with E-state index in [1.54, 1.807) is 0 Å². The smallest absolute Gasteiger partial charge is 0.326 e. The SMILES string of the molecule is O=C(O)CC[C@H](NC(=O)[C@@H]1CCCN1S(=O)(=O)c1cc(Cl)cc(Cl)c1)C(=O)O. The predicted molar refractivity (Wildman–Crippen MR) is 99.8 cm³/mol. The Morgan fingerprint density at radius 1 is 1.18 bits per heavy atom. The first-order chi connectivity index (χ1) is 13.0. The zero-order valence-electron chi connectivity index (χ0n) is 14.5. The number of carboxylic acid groups (broad SMARTS) is 2. The lowest BCUT2D eigenvalue weighted by Gasteiger charge is -2.25. The Labute approximate surface area is 171 Å². The number of carbonyl (C=O) groups excluding carboxylic acids is 1. The first-order valence-corrected chi connectivity index (χ1v) is 10.4. The number of halogens is 2. The number of amides is 1. The largest absolute Gasteiger partial charge is 0.481 e. The van der Waals surface area contributed by atoms with Gasteiger partial charge < -0.3 is 15.5 Å². The number of benzene rings is 1. The summed E-state index contributed by atoms with van der Waals surface area (Å²) in [5.74, 6) is -3.40. The van der Waals surface area contributed by atoms with Gasteiger partial charge in [0.05, 0.1) is 4.90 Å². The molecule has 1 fully saturated rings. The molecular formula is C16H18Cl2N2O7S. The van der Waals surface area contributed by atoms with Crippen LogP contribution in [0.25, 0.3) is 0 Å². The van der Waals surface area contributed by atoms with Crippen molar-refractivity contribution >= 4 is 51.1 Å². The van der Waals surface area contributed by atoms with Gasteiger partial charge in [0.15, 0.2) is 0 Å². The molecule has 0 aliphatic carbocycles. The van der Waals surface area contributed by atoms with Gasteiger partial charge in [0.1, 0.15) is 12.1 Å². The molecule has 9 nitrogen and oxygen atoms in total. The third kappa shape index (κ3) is 5.34. The highest BCUT2D eigenvalue weighted by atomic mass is 35.5. The minimum absolute atomic E-state index is 0.0669. The van der Waals surface area contributed by atoms with Crippen molar-refractivity contribution in [3.8, 4) is 0 Å². The normalized spacial score (nSPS) is 18.6. The van der Waals surface area contributed by atoms with E-state index in [9.17, 15) is 27.9 Å². The minimum atomic E-state index is -4.10. The summed E-state index contributed by atoms with van der Waals surface area (Å²) in [7, 11) is -4.10. The zero-order valence-corrected chi connectivity index (χ0v) is 16.8. The third-order valence-corrected chi connectivity index (χ3v) is 6.53. The number of hydrogen-bond acceptors (Lipinski definition) is 5. The number of aliphatic carboxylic acids is 2. The number of nitrogens with zero attached hydrogens (tertiary/aromatic N) is 1. The van der Waals surface area contributed by atoms with Crippen LogP contribution in [0.5, 0.6) is 0 Å². The summed E-state index contributed by atoms with van der Waals surface area (Å²) < 4.78 is 26.8. The van der Waals surface area contributed by atoms with Crippen LogP contribution in [-0.2, 0) is 24.4 Å². The topological polar surface area (TPSA) is 141 Å². The number of rotatable bonds is 8. The van der Waals surface area contributed by atoms with E-state index in [0.29, 0.717) is 6.42 Å². The fourth-order valence-corrected chi connectivity index (χ4v) is 5.28. The van der Waals surface area contributed by atoms with Gasteiger partial charge in [0.25, 0.3) is 0 Å². The van der Waals surface area contributed by atoms with Crippen molar-refractivity contribution < 1.29 is 33.0 Å². The molecule has 1 aliphatic rings. The minimum Gasteiger partial charge on any atom is -0.481 e. The molecule has 1 saturated heterocycles. The summed E-state index contributed by atoms with van der Waals surface area (Å²) >= 11 is 11.7. The first-order valence-electron chi connectivity index (χ1n) is 8.25. The highest BCUT2D eigenvalue weighted by Gasteiger charge is 2.40. The number of hydrogen-bond donors (Lipinski definition) is 3. The second-order valence-electron chi connectivity index (χ2n) is 6.21. The van der Waals surface area contributed by atoms with Gasteiger partial charge in [-0.15, -0.1) is 0 Å². The van der Waals surface area contributed by atoms with Crippen LogP contribution in [0.2, 0.25) is 10.0 Å². The van der Waals surface area contributed by atoms with Crippen LogP contribution in [0, 0.1) is 0 Å². The molecule has 0 spiro atoms. The lowest BCUT2D eigenvalue weighted by Crippen LogP contribution is -2.50. The van der Waals surface area contributed by atoms with Crippen molar-refractivity contribution in [2.45, 2.75) is 42.7 Å². The fourth-order valence-electron chi connectivity index (χ4n) is 2.90. The highest BCUT2D eigenvalue weighted by molar-refractivity contribution is 7.89. The monoisotopic (exact) mass is 452 g/mol. The lowest BCUT2D eigenvalue weighted by atomic mass is 10.1. The molecule has 2 rings (SSSR count). The molecule has 0 saturated carbocycles. The standard InChI is InChI=1S/C16H18Cl2N2O7S/c17-9-6-10(18)8-11(7-9)28(26,27)20-5-1-2-13(20)15(23)19-12(16(24)25)3-4-14(21)22/h6-8,12-13H,1-5H2,(H,19,23)(H,21,22)(H,24,25)/t12-,13-/m0/s1. The fraction of sp³-hybridized carbons (Fsp3) is 0.438. The maximum Gasteiger partial charge on any atom is 0.326 e.